The Morgan fingerprint density at radius 1 is 1.18 bits per heavy atom. The number of para-hydroxylation sites is 1. The molecule has 0 fully saturated rings. The van der Waals surface area contributed by atoms with Gasteiger partial charge in [0.05, 0.1) is 11.4 Å². The van der Waals surface area contributed by atoms with E-state index in [1.54, 1.807) is 4.90 Å². The van der Waals surface area contributed by atoms with Crippen LogP contribution < -0.4 is 10.2 Å². The smallest absolute Gasteiger partial charge is 0.318 e. The summed E-state index contributed by atoms with van der Waals surface area (Å²) in [4.78, 5) is 35.2. The maximum atomic E-state index is 14.5. The first kappa shape index (κ1) is 22.0. The molecule has 172 valence electrons. The molecule has 0 aliphatic carbocycles. The molecule has 2 N–H and O–H groups in total. The molecule has 1 atom stereocenters. The molecule has 5 rings (SSSR count). The molecule has 0 saturated heterocycles. The Morgan fingerprint density at radius 3 is 2.79 bits per heavy atom. The van der Waals surface area contributed by atoms with Crippen LogP contribution in [0.5, 0.6) is 0 Å². The molecule has 1 spiro atoms. The van der Waals surface area contributed by atoms with Crippen LogP contribution in [0.2, 0.25) is 0 Å². The molecule has 2 aromatic carbocycles. The van der Waals surface area contributed by atoms with Gasteiger partial charge in [-0.2, -0.15) is 0 Å². The number of halogens is 1. The molecule has 3 amide bonds. The highest BCUT2D eigenvalue weighted by atomic mass is 79.9. The number of nitrogens with zero attached hydrogens (tertiary/aromatic N) is 2. The van der Waals surface area contributed by atoms with Crippen LogP contribution in [0.25, 0.3) is 10.9 Å². The Balaban J connectivity index is 1.79. The fourth-order valence-corrected chi connectivity index (χ4v) is 5.73. The Morgan fingerprint density at radius 2 is 2.00 bits per heavy atom. The van der Waals surface area contributed by atoms with E-state index < -0.39 is 5.54 Å². The third kappa shape index (κ3) is 3.20. The van der Waals surface area contributed by atoms with Gasteiger partial charge in [0.15, 0.2) is 5.54 Å². The number of urea groups is 1. The lowest BCUT2D eigenvalue weighted by molar-refractivity contribution is -0.126. The molecule has 3 aromatic rings. The van der Waals surface area contributed by atoms with Crippen LogP contribution in [-0.4, -0.2) is 41.5 Å². The molecule has 6 nitrogen and oxygen atoms in total. The number of carbonyl (C=O) groups excluding carboxylic acids is 2. The van der Waals surface area contributed by atoms with Gasteiger partial charge < -0.3 is 20.1 Å². The number of benzene rings is 2. The van der Waals surface area contributed by atoms with Crippen LogP contribution in [0.15, 0.2) is 46.9 Å². The van der Waals surface area contributed by atoms with Gasteiger partial charge in [0.1, 0.15) is 0 Å². The summed E-state index contributed by atoms with van der Waals surface area (Å²) in [6.07, 6.45) is 3.43. The molecule has 33 heavy (non-hydrogen) atoms. The summed E-state index contributed by atoms with van der Waals surface area (Å²) in [7, 11) is 0. The van der Waals surface area contributed by atoms with E-state index in [9.17, 15) is 9.59 Å². The first-order chi connectivity index (χ1) is 16.0. The summed E-state index contributed by atoms with van der Waals surface area (Å²) in [6, 6.07) is 14.0. The first-order valence-electron chi connectivity index (χ1n) is 11.8. The standard InChI is InChI=1S/C26H29BrN4O2/c1-3-5-14-30-22-11-10-17(27)16-20(22)26(24(30)32)23-19(18-8-6-7-9-21(18)29-23)12-15-31(26)25(33)28-13-4-2/h6-11,16,29H,3-5,12-15H2,1-2H3,(H,28,33)/t26-/m0/s1. The molecule has 2 aliphatic heterocycles. The Labute approximate surface area is 202 Å². The lowest BCUT2D eigenvalue weighted by Gasteiger charge is -2.43. The summed E-state index contributed by atoms with van der Waals surface area (Å²) in [5, 5.41) is 4.15. The van der Waals surface area contributed by atoms with Crippen LogP contribution in [0.4, 0.5) is 10.5 Å². The molecule has 2 aliphatic rings. The van der Waals surface area contributed by atoms with E-state index >= 15 is 0 Å². The highest BCUT2D eigenvalue weighted by Crippen LogP contribution is 2.52. The predicted molar refractivity (Wildman–Crippen MR) is 135 cm³/mol. The number of fused-ring (bicyclic) bond motifs is 6. The number of anilines is 1. The van der Waals surface area contributed by atoms with E-state index in [1.807, 2.05) is 48.2 Å². The molecule has 1 aromatic heterocycles. The van der Waals surface area contributed by atoms with Gasteiger partial charge in [-0.05, 0) is 49.1 Å². The molecular formula is C26H29BrN4O2. The summed E-state index contributed by atoms with van der Waals surface area (Å²) in [6.45, 7) is 5.83. The van der Waals surface area contributed by atoms with Crippen LogP contribution in [-0.2, 0) is 16.8 Å². The summed E-state index contributed by atoms with van der Waals surface area (Å²) in [5.41, 5.74) is 3.48. The molecule has 0 saturated carbocycles. The second kappa shape index (κ2) is 8.52. The van der Waals surface area contributed by atoms with Crippen molar-refractivity contribution in [2.75, 3.05) is 24.5 Å². The number of carbonyl (C=O) groups is 2. The number of aromatic nitrogens is 1. The number of rotatable bonds is 5. The molecule has 0 bridgehead atoms. The highest BCUT2D eigenvalue weighted by Gasteiger charge is 2.60. The third-order valence-electron chi connectivity index (χ3n) is 6.87. The van der Waals surface area contributed by atoms with E-state index in [1.165, 1.54) is 0 Å². The number of hydrogen-bond acceptors (Lipinski definition) is 2. The fourth-order valence-electron chi connectivity index (χ4n) is 5.37. The van der Waals surface area contributed by atoms with Crippen molar-refractivity contribution in [2.24, 2.45) is 0 Å². The fraction of sp³-hybridized carbons (Fsp3) is 0.385. The van der Waals surface area contributed by atoms with E-state index in [0.29, 0.717) is 26.1 Å². The zero-order valence-electron chi connectivity index (χ0n) is 19.1. The maximum absolute atomic E-state index is 14.5. The van der Waals surface area contributed by atoms with E-state index in [4.69, 9.17) is 0 Å². The van der Waals surface area contributed by atoms with Gasteiger partial charge in [-0.3, -0.25) is 4.79 Å². The number of unbranched alkanes of at least 4 members (excludes halogenated alkanes) is 1. The van der Waals surface area contributed by atoms with Gasteiger partial charge in [0.2, 0.25) is 0 Å². The van der Waals surface area contributed by atoms with Gasteiger partial charge in [-0.15, -0.1) is 0 Å². The topological polar surface area (TPSA) is 68.4 Å². The lowest BCUT2D eigenvalue weighted by atomic mass is 9.80. The normalized spacial score (nSPS) is 19.3. The van der Waals surface area contributed by atoms with Crippen LogP contribution in [0.1, 0.15) is 49.9 Å². The van der Waals surface area contributed by atoms with E-state index in [-0.39, 0.29) is 11.9 Å². The van der Waals surface area contributed by atoms with Crippen molar-refractivity contribution >= 4 is 44.5 Å². The van der Waals surface area contributed by atoms with Crippen molar-refractivity contribution in [3.8, 4) is 0 Å². The highest BCUT2D eigenvalue weighted by molar-refractivity contribution is 9.10. The number of H-pyrrole nitrogens is 1. The second-order valence-corrected chi connectivity index (χ2v) is 9.76. The largest absolute Gasteiger partial charge is 0.355 e. The zero-order chi connectivity index (χ0) is 23.2. The predicted octanol–water partition coefficient (Wildman–Crippen LogP) is 5.30. The van der Waals surface area contributed by atoms with Gasteiger partial charge in [-0.25, -0.2) is 4.79 Å². The second-order valence-electron chi connectivity index (χ2n) is 8.84. The van der Waals surface area contributed by atoms with Gasteiger partial charge in [-0.1, -0.05) is 54.4 Å². The summed E-state index contributed by atoms with van der Waals surface area (Å²) >= 11 is 3.62. The molecule has 7 heteroatoms. The van der Waals surface area contributed by atoms with Crippen molar-refractivity contribution in [2.45, 2.75) is 45.1 Å². The number of aromatic amines is 1. The average Bonchev–Trinajstić information content (AvgIpc) is 3.31. The quantitative estimate of drug-likeness (QED) is 0.490. The SMILES string of the molecule is CCCCN1C(=O)[C@]2(c3cc(Br)ccc31)c1[nH]c3ccccc3c1CCN2C(=O)NCCC. The monoisotopic (exact) mass is 508 g/mol. The Kier molecular flexibility index (Phi) is 5.69. The van der Waals surface area contributed by atoms with Crippen molar-refractivity contribution in [1.29, 1.82) is 0 Å². The van der Waals surface area contributed by atoms with Gasteiger partial charge in [0.25, 0.3) is 5.91 Å². The Hall–Kier alpha value is -2.80. The summed E-state index contributed by atoms with van der Waals surface area (Å²) < 4.78 is 0.892. The van der Waals surface area contributed by atoms with E-state index in [2.05, 4.69) is 39.2 Å². The van der Waals surface area contributed by atoms with Gasteiger partial charge in [0, 0.05) is 40.6 Å². The first-order valence-corrected chi connectivity index (χ1v) is 12.6. The number of amides is 3. The minimum absolute atomic E-state index is 0.0526. The van der Waals surface area contributed by atoms with Crippen LogP contribution >= 0.6 is 15.9 Å². The molecular weight excluding hydrogens is 480 g/mol. The summed E-state index contributed by atoms with van der Waals surface area (Å²) in [5.74, 6) is -0.0526. The van der Waals surface area contributed by atoms with Crippen LogP contribution in [0, 0.1) is 0 Å². The van der Waals surface area contributed by atoms with Crippen molar-refractivity contribution in [3.05, 3.63) is 63.8 Å². The molecule has 0 unspecified atom stereocenters. The molecule has 0 radical (unpaired) electrons. The number of hydrogen-bond donors (Lipinski definition) is 2. The minimum Gasteiger partial charge on any atom is -0.355 e. The number of nitrogens with one attached hydrogen (secondary N) is 2. The lowest BCUT2D eigenvalue weighted by Crippen LogP contribution is -2.61. The van der Waals surface area contributed by atoms with Crippen molar-refractivity contribution < 1.29 is 9.59 Å². The van der Waals surface area contributed by atoms with Crippen molar-refractivity contribution in [1.82, 2.24) is 15.2 Å². The van der Waals surface area contributed by atoms with E-state index in [0.717, 1.165) is 57.1 Å². The molecule has 3 heterocycles. The van der Waals surface area contributed by atoms with Crippen molar-refractivity contribution in [3.63, 3.8) is 0 Å². The third-order valence-corrected chi connectivity index (χ3v) is 7.36. The van der Waals surface area contributed by atoms with Crippen LogP contribution in [0.3, 0.4) is 0 Å². The Bertz CT molecular complexity index is 1240. The minimum atomic E-state index is -1.21. The zero-order valence-corrected chi connectivity index (χ0v) is 20.7. The maximum Gasteiger partial charge on any atom is 0.318 e. The average molecular weight is 509 g/mol. The van der Waals surface area contributed by atoms with Gasteiger partial charge >= 0.3 is 6.03 Å².